The second-order valence-corrected chi connectivity index (χ2v) is 6.73. The van der Waals surface area contributed by atoms with Gasteiger partial charge in [-0.25, -0.2) is 4.98 Å². The number of nitrogens with zero attached hydrogens (tertiary/aromatic N) is 2. The molecule has 2 heterocycles. The quantitative estimate of drug-likeness (QED) is 0.917. The van der Waals surface area contributed by atoms with Gasteiger partial charge in [0.2, 0.25) is 5.88 Å². The van der Waals surface area contributed by atoms with Gasteiger partial charge in [0, 0.05) is 37.4 Å². The molecule has 4 heteroatoms. The van der Waals surface area contributed by atoms with Crippen LogP contribution < -0.4 is 10.1 Å². The van der Waals surface area contributed by atoms with Gasteiger partial charge in [0.25, 0.3) is 0 Å². The molecule has 0 amide bonds. The average molecular weight is 277 g/mol. The van der Waals surface area contributed by atoms with Crippen molar-refractivity contribution in [2.24, 2.45) is 0 Å². The van der Waals surface area contributed by atoms with E-state index in [2.05, 4.69) is 49.1 Å². The zero-order chi connectivity index (χ0) is 14.6. The van der Waals surface area contributed by atoms with Crippen LogP contribution in [0.5, 0.6) is 5.88 Å². The Balaban J connectivity index is 1.89. The molecule has 0 spiro atoms. The van der Waals surface area contributed by atoms with E-state index in [1.165, 1.54) is 5.56 Å². The Morgan fingerprint density at radius 1 is 1.35 bits per heavy atom. The van der Waals surface area contributed by atoms with Crippen LogP contribution in [0.15, 0.2) is 18.3 Å². The molecule has 1 fully saturated rings. The molecule has 0 saturated carbocycles. The first-order valence-corrected chi connectivity index (χ1v) is 7.47. The average Bonchev–Trinajstić information content (AvgIpc) is 2.39. The molecule has 0 radical (unpaired) electrons. The number of rotatable bonds is 4. The van der Waals surface area contributed by atoms with Crippen molar-refractivity contribution in [3.63, 3.8) is 0 Å². The number of likely N-dealkylation sites (tertiary alicyclic amines) is 1. The van der Waals surface area contributed by atoms with Gasteiger partial charge in [0.15, 0.2) is 0 Å². The summed E-state index contributed by atoms with van der Waals surface area (Å²) in [5, 5.41) is 3.48. The lowest BCUT2D eigenvalue weighted by atomic mass is 10.1. The van der Waals surface area contributed by atoms with Gasteiger partial charge in [-0.05, 0) is 52.3 Å². The predicted octanol–water partition coefficient (Wildman–Crippen LogP) is 2.44. The number of nitrogens with one attached hydrogen (secondary N) is 1. The highest BCUT2D eigenvalue weighted by molar-refractivity contribution is 5.20. The lowest BCUT2D eigenvalue weighted by Gasteiger charge is -2.29. The molecule has 4 nitrogen and oxygen atoms in total. The Morgan fingerprint density at radius 3 is 2.70 bits per heavy atom. The van der Waals surface area contributed by atoms with Crippen molar-refractivity contribution >= 4 is 0 Å². The molecule has 0 atom stereocenters. The van der Waals surface area contributed by atoms with Crippen LogP contribution in [0.4, 0.5) is 0 Å². The molecule has 112 valence electrons. The van der Waals surface area contributed by atoms with Crippen LogP contribution in [-0.2, 0) is 6.54 Å². The molecule has 2 rings (SSSR count). The smallest absolute Gasteiger partial charge is 0.213 e. The molecule has 1 aromatic rings. The molecule has 1 saturated heterocycles. The number of piperidine rings is 1. The maximum absolute atomic E-state index is 6.01. The fourth-order valence-electron chi connectivity index (χ4n) is 2.27. The number of ether oxygens (including phenoxy) is 1. The topological polar surface area (TPSA) is 37.4 Å². The van der Waals surface area contributed by atoms with Crippen molar-refractivity contribution in [1.82, 2.24) is 15.2 Å². The molecule has 1 N–H and O–H groups in total. The summed E-state index contributed by atoms with van der Waals surface area (Å²) in [4.78, 5) is 6.68. The van der Waals surface area contributed by atoms with Crippen LogP contribution in [0.1, 0.15) is 39.2 Å². The van der Waals surface area contributed by atoms with Crippen LogP contribution in [0.3, 0.4) is 0 Å². The molecular formula is C16H27N3O. The standard InChI is InChI=1S/C16H27N3O/c1-16(2,3)18-12-13-5-8-17-15(11-13)20-14-6-9-19(4)10-7-14/h5,8,11,14,18H,6-7,9-10,12H2,1-4H3. The van der Waals surface area contributed by atoms with Crippen molar-refractivity contribution in [2.45, 2.75) is 51.8 Å². The summed E-state index contributed by atoms with van der Waals surface area (Å²) in [6.45, 7) is 9.57. The first kappa shape index (κ1) is 15.3. The summed E-state index contributed by atoms with van der Waals surface area (Å²) >= 11 is 0. The van der Waals surface area contributed by atoms with E-state index in [-0.39, 0.29) is 5.54 Å². The summed E-state index contributed by atoms with van der Waals surface area (Å²) in [5.41, 5.74) is 1.34. The normalized spacial score (nSPS) is 18.2. The van der Waals surface area contributed by atoms with Crippen molar-refractivity contribution in [1.29, 1.82) is 0 Å². The first-order chi connectivity index (χ1) is 9.42. The highest BCUT2D eigenvalue weighted by atomic mass is 16.5. The Kier molecular flexibility index (Phi) is 5.00. The minimum absolute atomic E-state index is 0.123. The number of hydrogen-bond acceptors (Lipinski definition) is 4. The lowest BCUT2D eigenvalue weighted by molar-refractivity contribution is 0.110. The Hall–Kier alpha value is -1.13. The highest BCUT2D eigenvalue weighted by Gasteiger charge is 2.18. The Bertz CT molecular complexity index is 420. The van der Waals surface area contributed by atoms with Crippen LogP contribution in [0.2, 0.25) is 0 Å². The van der Waals surface area contributed by atoms with E-state index in [0.717, 1.165) is 38.4 Å². The van der Waals surface area contributed by atoms with Crippen molar-refractivity contribution < 1.29 is 4.74 Å². The van der Waals surface area contributed by atoms with Crippen LogP contribution in [-0.4, -0.2) is 41.7 Å². The van der Waals surface area contributed by atoms with E-state index in [9.17, 15) is 0 Å². The highest BCUT2D eigenvalue weighted by Crippen LogP contribution is 2.17. The minimum atomic E-state index is 0.123. The zero-order valence-corrected chi connectivity index (χ0v) is 13.1. The number of pyridine rings is 1. The Morgan fingerprint density at radius 2 is 2.05 bits per heavy atom. The van der Waals surface area contributed by atoms with Gasteiger partial charge < -0.3 is 15.0 Å². The summed E-state index contributed by atoms with van der Waals surface area (Å²) in [5.74, 6) is 0.757. The third-order valence-corrected chi connectivity index (χ3v) is 3.58. The third-order valence-electron chi connectivity index (χ3n) is 3.58. The van der Waals surface area contributed by atoms with Gasteiger partial charge in [-0.1, -0.05) is 0 Å². The molecule has 0 aliphatic carbocycles. The summed E-state index contributed by atoms with van der Waals surface area (Å²) < 4.78 is 6.01. The first-order valence-electron chi connectivity index (χ1n) is 7.47. The van der Waals surface area contributed by atoms with Gasteiger partial charge >= 0.3 is 0 Å². The van der Waals surface area contributed by atoms with E-state index >= 15 is 0 Å². The fraction of sp³-hybridized carbons (Fsp3) is 0.688. The van der Waals surface area contributed by atoms with Gasteiger partial charge in [0.1, 0.15) is 6.10 Å². The lowest BCUT2D eigenvalue weighted by Crippen LogP contribution is -2.36. The van der Waals surface area contributed by atoms with E-state index in [1.54, 1.807) is 0 Å². The van der Waals surface area contributed by atoms with Crippen molar-refractivity contribution in [2.75, 3.05) is 20.1 Å². The summed E-state index contributed by atoms with van der Waals surface area (Å²) in [7, 11) is 2.16. The molecule has 1 aromatic heterocycles. The summed E-state index contributed by atoms with van der Waals surface area (Å²) in [6, 6.07) is 4.09. The van der Waals surface area contributed by atoms with E-state index in [1.807, 2.05) is 12.3 Å². The SMILES string of the molecule is CN1CCC(Oc2cc(CNC(C)(C)C)ccn2)CC1. The van der Waals surface area contributed by atoms with Crippen molar-refractivity contribution in [3.8, 4) is 5.88 Å². The monoisotopic (exact) mass is 277 g/mol. The van der Waals surface area contributed by atoms with Crippen LogP contribution in [0.25, 0.3) is 0 Å². The maximum Gasteiger partial charge on any atom is 0.213 e. The van der Waals surface area contributed by atoms with Crippen LogP contribution >= 0.6 is 0 Å². The van der Waals surface area contributed by atoms with Crippen molar-refractivity contribution in [3.05, 3.63) is 23.9 Å². The fourth-order valence-corrected chi connectivity index (χ4v) is 2.27. The van der Waals surface area contributed by atoms with E-state index < -0.39 is 0 Å². The third kappa shape index (κ3) is 5.10. The number of aromatic nitrogens is 1. The van der Waals surface area contributed by atoms with Crippen LogP contribution in [0, 0.1) is 0 Å². The van der Waals surface area contributed by atoms with Gasteiger partial charge in [-0.15, -0.1) is 0 Å². The minimum Gasteiger partial charge on any atom is -0.474 e. The Labute approximate surface area is 122 Å². The molecule has 1 aliphatic rings. The molecule has 0 bridgehead atoms. The maximum atomic E-state index is 6.01. The molecular weight excluding hydrogens is 250 g/mol. The largest absolute Gasteiger partial charge is 0.474 e. The molecule has 0 aromatic carbocycles. The van der Waals surface area contributed by atoms with E-state index in [4.69, 9.17) is 4.74 Å². The van der Waals surface area contributed by atoms with Gasteiger partial charge in [-0.3, -0.25) is 0 Å². The second kappa shape index (κ2) is 6.55. The second-order valence-electron chi connectivity index (χ2n) is 6.73. The molecule has 20 heavy (non-hydrogen) atoms. The number of hydrogen-bond donors (Lipinski definition) is 1. The van der Waals surface area contributed by atoms with Gasteiger partial charge in [0.05, 0.1) is 0 Å². The predicted molar refractivity (Wildman–Crippen MR) is 82.0 cm³/mol. The zero-order valence-electron chi connectivity index (χ0n) is 13.1. The molecule has 1 aliphatic heterocycles. The van der Waals surface area contributed by atoms with E-state index in [0.29, 0.717) is 6.10 Å². The summed E-state index contributed by atoms with van der Waals surface area (Å²) in [6.07, 6.45) is 4.32. The van der Waals surface area contributed by atoms with Gasteiger partial charge in [-0.2, -0.15) is 0 Å². The molecule has 0 unspecified atom stereocenters.